The van der Waals surface area contributed by atoms with Gasteiger partial charge in [-0.1, -0.05) is 49.2 Å². The lowest BCUT2D eigenvalue weighted by Crippen LogP contribution is -2.41. The van der Waals surface area contributed by atoms with Gasteiger partial charge in [0.25, 0.3) is 0 Å². The van der Waals surface area contributed by atoms with Gasteiger partial charge in [-0.3, -0.25) is 0 Å². The van der Waals surface area contributed by atoms with Gasteiger partial charge in [0.2, 0.25) is 0 Å². The molecule has 0 saturated heterocycles. The van der Waals surface area contributed by atoms with Crippen molar-refractivity contribution in [1.29, 1.82) is 0 Å². The van der Waals surface area contributed by atoms with Crippen LogP contribution >= 0.6 is 12.2 Å². The fourth-order valence-electron chi connectivity index (χ4n) is 3.43. The molecule has 1 aliphatic carbocycles. The highest BCUT2D eigenvalue weighted by atomic mass is 32.1. The second-order valence-electron chi connectivity index (χ2n) is 6.33. The van der Waals surface area contributed by atoms with E-state index in [0.717, 1.165) is 17.9 Å². The Balaban J connectivity index is 1.66. The van der Waals surface area contributed by atoms with Crippen LogP contribution < -0.4 is 10.6 Å². The van der Waals surface area contributed by atoms with Crippen molar-refractivity contribution in [3.63, 3.8) is 0 Å². The Morgan fingerprint density at radius 1 is 1.13 bits per heavy atom. The smallest absolute Gasteiger partial charge is 0.171 e. The van der Waals surface area contributed by atoms with Gasteiger partial charge < -0.3 is 10.6 Å². The zero-order chi connectivity index (χ0) is 16.1. The Hall–Kier alpha value is -1.94. The van der Waals surface area contributed by atoms with Crippen molar-refractivity contribution in [2.75, 3.05) is 11.9 Å². The molecule has 1 fully saturated rings. The molecule has 120 valence electrons. The molecule has 0 atom stereocenters. The van der Waals surface area contributed by atoms with Crippen LogP contribution in [0.1, 0.15) is 36.8 Å². The molecule has 4 heteroatoms. The van der Waals surface area contributed by atoms with Gasteiger partial charge in [-0.15, -0.1) is 0 Å². The van der Waals surface area contributed by atoms with Gasteiger partial charge >= 0.3 is 0 Å². The first-order valence-electron chi connectivity index (χ1n) is 8.22. The number of benzene rings is 1. The third kappa shape index (κ3) is 3.70. The average Bonchev–Trinajstić information content (AvgIpc) is 3.06. The number of hydrogen-bond acceptors (Lipinski definition) is 2. The summed E-state index contributed by atoms with van der Waals surface area (Å²) in [7, 11) is 0. The van der Waals surface area contributed by atoms with E-state index >= 15 is 0 Å². The molecule has 0 spiro atoms. The molecule has 0 unspecified atom stereocenters. The topological polar surface area (TPSA) is 37.0 Å². The maximum Gasteiger partial charge on any atom is 0.171 e. The third-order valence-corrected chi connectivity index (χ3v) is 5.02. The monoisotopic (exact) mass is 325 g/mol. The van der Waals surface area contributed by atoms with Gasteiger partial charge in [-0.05, 0) is 49.2 Å². The first kappa shape index (κ1) is 15.9. The molecule has 2 aromatic rings. The molecule has 23 heavy (non-hydrogen) atoms. The summed E-state index contributed by atoms with van der Waals surface area (Å²) < 4.78 is 0. The Kier molecular flexibility index (Phi) is 4.91. The van der Waals surface area contributed by atoms with Crippen LogP contribution in [0, 0.1) is 6.92 Å². The summed E-state index contributed by atoms with van der Waals surface area (Å²) in [5.41, 5.74) is 2.71. The maximum atomic E-state index is 5.47. The summed E-state index contributed by atoms with van der Waals surface area (Å²) in [6.45, 7) is 2.90. The van der Waals surface area contributed by atoms with Gasteiger partial charge in [0.05, 0.1) is 0 Å². The highest BCUT2D eigenvalue weighted by Gasteiger charge is 2.35. The third-order valence-electron chi connectivity index (χ3n) is 4.78. The van der Waals surface area contributed by atoms with Gasteiger partial charge in [-0.2, -0.15) is 0 Å². The highest BCUT2D eigenvalue weighted by molar-refractivity contribution is 7.80. The Labute approximate surface area is 143 Å². The van der Waals surface area contributed by atoms with Crippen LogP contribution in [0.25, 0.3) is 0 Å². The van der Waals surface area contributed by atoms with Crippen LogP contribution in [-0.2, 0) is 5.41 Å². The number of aromatic nitrogens is 1. The van der Waals surface area contributed by atoms with Gasteiger partial charge in [0, 0.05) is 18.2 Å². The minimum atomic E-state index is 0.201. The van der Waals surface area contributed by atoms with Crippen LogP contribution in [-0.4, -0.2) is 16.6 Å². The molecule has 1 saturated carbocycles. The number of nitrogens with one attached hydrogen (secondary N) is 2. The van der Waals surface area contributed by atoms with Gasteiger partial charge in [0.1, 0.15) is 5.82 Å². The summed E-state index contributed by atoms with van der Waals surface area (Å²) in [6.07, 6.45) is 6.79. The number of rotatable bonds is 4. The van der Waals surface area contributed by atoms with E-state index in [1.807, 2.05) is 19.1 Å². The van der Waals surface area contributed by atoms with Gasteiger partial charge in [-0.25, -0.2) is 4.98 Å². The molecule has 0 bridgehead atoms. The summed E-state index contributed by atoms with van der Waals surface area (Å²) in [6, 6.07) is 14.8. The molecule has 3 nitrogen and oxygen atoms in total. The summed E-state index contributed by atoms with van der Waals surface area (Å²) in [5, 5.41) is 7.28. The normalized spacial score (nSPS) is 16.0. The highest BCUT2D eigenvalue weighted by Crippen LogP contribution is 2.40. The molecule has 1 aliphatic rings. The number of pyridine rings is 1. The minimum Gasteiger partial charge on any atom is -0.362 e. The van der Waals surface area contributed by atoms with Crippen LogP contribution in [0.2, 0.25) is 0 Å². The number of hydrogen-bond donors (Lipinski definition) is 2. The molecule has 0 radical (unpaired) electrons. The van der Waals surface area contributed by atoms with Crippen LogP contribution in [0.3, 0.4) is 0 Å². The Bertz CT molecular complexity index is 663. The first-order chi connectivity index (χ1) is 11.2. The van der Waals surface area contributed by atoms with E-state index in [4.69, 9.17) is 12.2 Å². The van der Waals surface area contributed by atoms with Crippen LogP contribution in [0.15, 0.2) is 48.7 Å². The lowest BCUT2D eigenvalue weighted by molar-refractivity contribution is 0.435. The number of nitrogens with zero attached hydrogens (tertiary/aromatic N) is 1. The SMILES string of the molecule is Cc1cccnc1NC(=S)NCC1(c2ccccc2)CCCC1. The molecule has 3 rings (SSSR count). The van der Waals surface area contributed by atoms with E-state index in [2.05, 4.69) is 45.9 Å². The fraction of sp³-hybridized carbons (Fsp3) is 0.368. The van der Waals surface area contributed by atoms with Crippen molar-refractivity contribution in [1.82, 2.24) is 10.3 Å². The van der Waals surface area contributed by atoms with Crippen molar-refractivity contribution in [3.8, 4) is 0 Å². The summed E-state index contributed by atoms with van der Waals surface area (Å²) in [5.74, 6) is 0.824. The lowest BCUT2D eigenvalue weighted by Gasteiger charge is -2.30. The molecule has 1 aromatic carbocycles. The van der Waals surface area contributed by atoms with Crippen molar-refractivity contribution in [2.45, 2.75) is 38.0 Å². The second kappa shape index (κ2) is 7.09. The van der Waals surface area contributed by atoms with Crippen LogP contribution in [0.4, 0.5) is 5.82 Å². The van der Waals surface area contributed by atoms with Crippen molar-refractivity contribution in [3.05, 3.63) is 59.8 Å². The minimum absolute atomic E-state index is 0.201. The standard InChI is InChI=1S/C19H23N3S/c1-15-8-7-13-20-17(15)22-18(23)21-14-19(11-5-6-12-19)16-9-3-2-4-10-16/h2-4,7-10,13H,5-6,11-12,14H2,1H3,(H2,20,21,22,23). The molecule has 1 aromatic heterocycles. The number of thiocarbonyl (C=S) groups is 1. The molecular weight excluding hydrogens is 302 g/mol. The van der Waals surface area contributed by atoms with Crippen molar-refractivity contribution >= 4 is 23.1 Å². The van der Waals surface area contributed by atoms with E-state index in [0.29, 0.717) is 5.11 Å². The van der Waals surface area contributed by atoms with Crippen molar-refractivity contribution < 1.29 is 0 Å². The van der Waals surface area contributed by atoms with Crippen molar-refractivity contribution in [2.24, 2.45) is 0 Å². The number of aryl methyl sites for hydroxylation is 1. The average molecular weight is 325 g/mol. The van der Waals surface area contributed by atoms with E-state index in [1.54, 1.807) is 6.20 Å². The maximum absolute atomic E-state index is 5.47. The molecular formula is C19H23N3S. The summed E-state index contributed by atoms with van der Waals surface area (Å²) in [4.78, 5) is 4.33. The van der Waals surface area contributed by atoms with E-state index in [1.165, 1.54) is 31.2 Å². The number of anilines is 1. The zero-order valence-corrected chi connectivity index (χ0v) is 14.3. The molecule has 2 N–H and O–H groups in total. The summed E-state index contributed by atoms with van der Waals surface area (Å²) >= 11 is 5.47. The first-order valence-corrected chi connectivity index (χ1v) is 8.62. The van der Waals surface area contributed by atoms with E-state index in [-0.39, 0.29) is 5.41 Å². The van der Waals surface area contributed by atoms with E-state index in [9.17, 15) is 0 Å². The zero-order valence-electron chi connectivity index (χ0n) is 13.5. The lowest BCUT2D eigenvalue weighted by atomic mass is 9.79. The van der Waals surface area contributed by atoms with Gasteiger partial charge in [0.15, 0.2) is 5.11 Å². The predicted octanol–water partition coefficient (Wildman–Crippen LogP) is 4.19. The fourth-order valence-corrected chi connectivity index (χ4v) is 3.60. The molecule has 0 aliphatic heterocycles. The Morgan fingerprint density at radius 2 is 1.87 bits per heavy atom. The Morgan fingerprint density at radius 3 is 2.57 bits per heavy atom. The second-order valence-corrected chi connectivity index (χ2v) is 6.74. The van der Waals surface area contributed by atoms with E-state index < -0.39 is 0 Å². The largest absolute Gasteiger partial charge is 0.362 e. The molecule has 1 heterocycles. The molecule has 0 amide bonds. The van der Waals surface area contributed by atoms with Crippen LogP contribution in [0.5, 0.6) is 0 Å². The predicted molar refractivity (Wildman–Crippen MR) is 99.8 cm³/mol. The quantitative estimate of drug-likeness (QED) is 0.827.